The van der Waals surface area contributed by atoms with Crippen molar-refractivity contribution in [2.45, 2.75) is 39.5 Å². The molecule has 2 rings (SSSR count). The van der Waals surface area contributed by atoms with E-state index in [1.54, 1.807) is 0 Å². The van der Waals surface area contributed by atoms with E-state index in [9.17, 15) is 0 Å². The molecule has 14 heavy (non-hydrogen) atoms. The molecule has 76 valence electrons. The first kappa shape index (κ1) is 10.2. The third-order valence-electron chi connectivity index (χ3n) is 2.58. The molecule has 0 amide bonds. The first-order chi connectivity index (χ1) is 6.61. The molecule has 2 heterocycles. The lowest BCUT2D eigenvalue weighted by molar-refractivity contribution is 0.878. The van der Waals surface area contributed by atoms with Crippen molar-refractivity contribution in [2.24, 2.45) is 0 Å². The standard InChI is InChI=1S/C12H16S2/c1-7(2)9-5-13-12-10(8(3)4)6-14-11(9)12/h5-8H,1-4H3. The summed E-state index contributed by atoms with van der Waals surface area (Å²) in [7, 11) is 0. The van der Waals surface area contributed by atoms with Crippen molar-refractivity contribution in [1.82, 2.24) is 0 Å². The molecule has 0 fully saturated rings. The maximum absolute atomic E-state index is 2.33. The van der Waals surface area contributed by atoms with E-state index in [4.69, 9.17) is 0 Å². The highest BCUT2D eigenvalue weighted by atomic mass is 32.1. The van der Waals surface area contributed by atoms with E-state index in [-0.39, 0.29) is 0 Å². The van der Waals surface area contributed by atoms with Gasteiger partial charge in [0.2, 0.25) is 0 Å². The van der Waals surface area contributed by atoms with E-state index in [1.165, 1.54) is 20.5 Å². The van der Waals surface area contributed by atoms with Crippen LogP contribution in [0, 0.1) is 0 Å². The van der Waals surface area contributed by atoms with Crippen LogP contribution in [0.2, 0.25) is 0 Å². The smallest absolute Gasteiger partial charge is 0.0488 e. The second-order valence-corrected chi connectivity index (χ2v) is 6.11. The van der Waals surface area contributed by atoms with Gasteiger partial charge in [0.25, 0.3) is 0 Å². The van der Waals surface area contributed by atoms with E-state index in [1.807, 2.05) is 22.7 Å². The molecule has 0 saturated carbocycles. The maximum atomic E-state index is 2.33. The SMILES string of the molecule is CC(C)c1csc2c(C(C)C)csc12. The molecule has 0 aromatic carbocycles. The summed E-state index contributed by atoms with van der Waals surface area (Å²) in [5.41, 5.74) is 3.06. The zero-order chi connectivity index (χ0) is 10.3. The fraction of sp³-hybridized carbons (Fsp3) is 0.500. The maximum Gasteiger partial charge on any atom is 0.0488 e. The minimum absolute atomic E-state index is 0.655. The first-order valence-electron chi connectivity index (χ1n) is 5.09. The summed E-state index contributed by atoms with van der Waals surface area (Å²) in [5.74, 6) is 1.31. The average molecular weight is 224 g/mol. The Bertz CT molecular complexity index is 390. The molecule has 0 aliphatic carbocycles. The van der Waals surface area contributed by atoms with Crippen LogP contribution in [-0.2, 0) is 0 Å². The molecule has 0 atom stereocenters. The van der Waals surface area contributed by atoms with Gasteiger partial charge in [-0.2, -0.15) is 0 Å². The second kappa shape index (κ2) is 3.67. The van der Waals surface area contributed by atoms with Crippen LogP contribution in [-0.4, -0.2) is 0 Å². The summed E-state index contributed by atoms with van der Waals surface area (Å²) in [4.78, 5) is 0. The number of hydrogen-bond acceptors (Lipinski definition) is 2. The van der Waals surface area contributed by atoms with Crippen LogP contribution in [0.15, 0.2) is 10.8 Å². The van der Waals surface area contributed by atoms with Crippen LogP contribution in [0.1, 0.15) is 50.7 Å². The highest BCUT2D eigenvalue weighted by molar-refractivity contribution is 7.26. The van der Waals surface area contributed by atoms with Gasteiger partial charge in [0.05, 0.1) is 0 Å². The van der Waals surface area contributed by atoms with Gasteiger partial charge in [0.1, 0.15) is 0 Å². The fourth-order valence-corrected chi connectivity index (χ4v) is 4.67. The van der Waals surface area contributed by atoms with Gasteiger partial charge in [-0.05, 0) is 33.7 Å². The number of rotatable bonds is 2. The largest absolute Gasteiger partial charge is 0.142 e. The molecule has 0 radical (unpaired) electrons. The molecule has 0 bridgehead atoms. The summed E-state index contributed by atoms with van der Waals surface area (Å²) in [6.07, 6.45) is 0. The Morgan fingerprint density at radius 2 is 1.14 bits per heavy atom. The summed E-state index contributed by atoms with van der Waals surface area (Å²) in [5, 5.41) is 4.66. The van der Waals surface area contributed by atoms with Crippen LogP contribution in [0.5, 0.6) is 0 Å². The highest BCUT2D eigenvalue weighted by Gasteiger charge is 2.14. The molecule has 2 aromatic heterocycles. The van der Waals surface area contributed by atoms with Crippen molar-refractivity contribution in [2.75, 3.05) is 0 Å². The van der Waals surface area contributed by atoms with Crippen molar-refractivity contribution in [1.29, 1.82) is 0 Å². The molecule has 0 spiro atoms. The van der Waals surface area contributed by atoms with E-state index < -0.39 is 0 Å². The minimum atomic E-state index is 0.655. The van der Waals surface area contributed by atoms with Crippen LogP contribution < -0.4 is 0 Å². The Balaban J connectivity index is 2.61. The zero-order valence-electron chi connectivity index (χ0n) is 9.13. The average Bonchev–Trinajstić information content (AvgIpc) is 2.59. The van der Waals surface area contributed by atoms with E-state index in [0.717, 1.165) is 0 Å². The van der Waals surface area contributed by atoms with Gasteiger partial charge in [-0.15, -0.1) is 22.7 Å². The Morgan fingerprint density at radius 1 is 0.786 bits per heavy atom. The van der Waals surface area contributed by atoms with Gasteiger partial charge in [0, 0.05) is 9.40 Å². The number of thiophene rings is 2. The summed E-state index contributed by atoms with van der Waals surface area (Å²) < 4.78 is 3.04. The third-order valence-corrected chi connectivity index (χ3v) is 4.81. The molecular formula is C12H16S2. The quantitative estimate of drug-likeness (QED) is 0.657. The van der Waals surface area contributed by atoms with Crippen LogP contribution in [0.4, 0.5) is 0 Å². The molecule has 0 aliphatic rings. The topological polar surface area (TPSA) is 0 Å². The minimum Gasteiger partial charge on any atom is -0.142 e. The molecule has 2 heteroatoms. The number of hydrogen-bond donors (Lipinski definition) is 0. The van der Waals surface area contributed by atoms with Gasteiger partial charge >= 0.3 is 0 Å². The lowest BCUT2D eigenvalue weighted by Gasteiger charge is -2.00. The van der Waals surface area contributed by atoms with Crippen LogP contribution in [0.25, 0.3) is 9.40 Å². The van der Waals surface area contributed by atoms with E-state index in [2.05, 4.69) is 38.5 Å². The molecular weight excluding hydrogens is 208 g/mol. The van der Waals surface area contributed by atoms with Crippen LogP contribution in [0.3, 0.4) is 0 Å². The predicted octanol–water partition coefficient (Wildman–Crippen LogP) is 5.21. The fourth-order valence-electron chi connectivity index (χ4n) is 1.65. The van der Waals surface area contributed by atoms with Crippen molar-refractivity contribution in [3.05, 3.63) is 21.9 Å². The van der Waals surface area contributed by atoms with Crippen molar-refractivity contribution < 1.29 is 0 Å². The molecule has 2 aromatic rings. The Hall–Kier alpha value is -0.340. The van der Waals surface area contributed by atoms with Gasteiger partial charge in [0.15, 0.2) is 0 Å². The molecule has 0 nitrogen and oxygen atoms in total. The number of fused-ring (bicyclic) bond motifs is 1. The highest BCUT2D eigenvalue weighted by Crippen LogP contribution is 2.40. The normalized spacial score (nSPS) is 12.1. The summed E-state index contributed by atoms with van der Waals surface area (Å²) in [6.45, 7) is 9.10. The monoisotopic (exact) mass is 224 g/mol. The predicted molar refractivity (Wildman–Crippen MR) is 67.9 cm³/mol. The second-order valence-electron chi connectivity index (χ2n) is 4.35. The van der Waals surface area contributed by atoms with Gasteiger partial charge in [-0.25, -0.2) is 0 Å². The van der Waals surface area contributed by atoms with Crippen LogP contribution >= 0.6 is 22.7 Å². The Kier molecular flexibility index (Phi) is 2.67. The summed E-state index contributed by atoms with van der Waals surface area (Å²) >= 11 is 3.83. The van der Waals surface area contributed by atoms with Crippen molar-refractivity contribution in [3.63, 3.8) is 0 Å². The Labute approximate surface area is 93.6 Å². The third kappa shape index (κ3) is 1.51. The molecule has 0 N–H and O–H groups in total. The zero-order valence-corrected chi connectivity index (χ0v) is 10.8. The Morgan fingerprint density at radius 3 is 1.43 bits per heavy atom. The van der Waals surface area contributed by atoms with Gasteiger partial charge in [-0.1, -0.05) is 27.7 Å². The lowest BCUT2D eigenvalue weighted by Crippen LogP contribution is -1.82. The van der Waals surface area contributed by atoms with Crippen molar-refractivity contribution in [3.8, 4) is 0 Å². The molecule has 0 saturated heterocycles. The van der Waals surface area contributed by atoms with Gasteiger partial charge in [-0.3, -0.25) is 0 Å². The van der Waals surface area contributed by atoms with E-state index in [0.29, 0.717) is 11.8 Å². The van der Waals surface area contributed by atoms with E-state index >= 15 is 0 Å². The summed E-state index contributed by atoms with van der Waals surface area (Å²) in [6, 6.07) is 0. The molecule has 0 unspecified atom stereocenters. The first-order valence-corrected chi connectivity index (χ1v) is 6.85. The molecule has 0 aliphatic heterocycles. The van der Waals surface area contributed by atoms with Gasteiger partial charge < -0.3 is 0 Å². The lowest BCUT2D eigenvalue weighted by atomic mass is 10.0. The van der Waals surface area contributed by atoms with Crippen molar-refractivity contribution >= 4 is 32.1 Å².